The standard InChI is InChI=1S/C13H15ClN2O2/c1-8(7-17)6-15-13(18)12-5-9-4-10(14)2-3-11(9)16-12/h2-5,8,16-17H,6-7H2,1H3,(H,15,18). The summed E-state index contributed by atoms with van der Waals surface area (Å²) in [6, 6.07) is 7.18. The summed E-state index contributed by atoms with van der Waals surface area (Å²) >= 11 is 5.89. The molecule has 0 aliphatic carbocycles. The van der Waals surface area contributed by atoms with Crippen LogP contribution in [0.3, 0.4) is 0 Å². The second-order valence-electron chi connectivity index (χ2n) is 4.41. The second-order valence-corrected chi connectivity index (χ2v) is 4.85. The Hall–Kier alpha value is -1.52. The molecule has 4 nitrogen and oxygen atoms in total. The van der Waals surface area contributed by atoms with Gasteiger partial charge in [0, 0.05) is 29.1 Å². The number of carbonyl (C=O) groups excluding carboxylic acids is 1. The van der Waals surface area contributed by atoms with Crippen LogP contribution in [0.2, 0.25) is 5.02 Å². The number of halogens is 1. The van der Waals surface area contributed by atoms with Gasteiger partial charge in [-0.3, -0.25) is 4.79 Å². The maximum Gasteiger partial charge on any atom is 0.267 e. The van der Waals surface area contributed by atoms with Gasteiger partial charge in [0.25, 0.3) is 5.91 Å². The van der Waals surface area contributed by atoms with Gasteiger partial charge in [0.1, 0.15) is 5.69 Å². The molecule has 0 radical (unpaired) electrons. The molecule has 0 fully saturated rings. The van der Waals surface area contributed by atoms with Crippen molar-refractivity contribution in [1.29, 1.82) is 0 Å². The SMILES string of the molecule is CC(CO)CNC(=O)c1cc2cc(Cl)ccc2[nH]1. The lowest BCUT2D eigenvalue weighted by atomic mass is 10.2. The fourth-order valence-electron chi connectivity index (χ4n) is 1.65. The van der Waals surface area contributed by atoms with Gasteiger partial charge in [-0.15, -0.1) is 0 Å². The third kappa shape index (κ3) is 2.83. The second kappa shape index (κ2) is 5.42. The van der Waals surface area contributed by atoms with Gasteiger partial charge in [-0.2, -0.15) is 0 Å². The van der Waals surface area contributed by atoms with E-state index in [-0.39, 0.29) is 18.4 Å². The highest BCUT2D eigenvalue weighted by molar-refractivity contribution is 6.31. The van der Waals surface area contributed by atoms with Crippen LogP contribution in [0.1, 0.15) is 17.4 Å². The number of amides is 1. The molecule has 1 unspecified atom stereocenters. The molecule has 0 aliphatic rings. The van der Waals surface area contributed by atoms with Crippen LogP contribution >= 0.6 is 11.6 Å². The maximum atomic E-state index is 11.9. The molecule has 0 bridgehead atoms. The summed E-state index contributed by atoms with van der Waals surface area (Å²) < 4.78 is 0. The highest BCUT2D eigenvalue weighted by Gasteiger charge is 2.10. The Morgan fingerprint density at radius 1 is 1.50 bits per heavy atom. The number of aliphatic hydroxyl groups excluding tert-OH is 1. The zero-order valence-corrected chi connectivity index (χ0v) is 10.8. The van der Waals surface area contributed by atoms with Gasteiger partial charge < -0.3 is 15.4 Å². The lowest BCUT2D eigenvalue weighted by Gasteiger charge is -2.08. The van der Waals surface area contributed by atoms with Crippen LogP contribution in [-0.4, -0.2) is 29.1 Å². The smallest absolute Gasteiger partial charge is 0.267 e. The third-order valence-electron chi connectivity index (χ3n) is 2.75. The fraction of sp³-hybridized carbons (Fsp3) is 0.308. The van der Waals surface area contributed by atoms with Crippen LogP contribution in [0, 0.1) is 5.92 Å². The van der Waals surface area contributed by atoms with Gasteiger partial charge in [-0.1, -0.05) is 18.5 Å². The van der Waals surface area contributed by atoms with E-state index in [0.717, 1.165) is 10.9 Å². The van der Waals surface area contributed by atoms with Crippen molar-refractivity contribution in [3.8, 4) is 0 Å². The van der Waals surface area contributed by atoms with Crippen molar-refractivity contribution in [2.24, 2.45) is 5.92 Å². The van der Waals surface area contributed by atoms with Crippen molar-refractivity contribution in [2.75, 3.05) is 13.2 Å². The Balaban J connectivity index is 2.13. The van der Waals surface area contributed by atoms with Crippen LogP contribution in [0.25, 0.3) is 10.9 Å². The first kappa shape index (κ1) is 12.9. The number of fused-ring (bicyclic) bond motifs is 1. The first-order valence-electron chi connectivity index (χ1n) is 5.77. The molecule has 1 heterocycles. The first-order valence-corrected chi connectivity index (χ1v) is 6.15. The van der Waals surface area contributed by atoms with E-state index in [1.54, 1.807) is 18.2 Å². The number of nitrogens with one attached hydrogen (secondary N) is 2. The molecule has 1 aromatic carbocycles. The molecule has 1 aromatic heterocycles. The topological polar surface area (TPSA) is 65.1 Å². The van der Waals surface area contributed by atoms with Gasteiger partial charge in [0.2, 0.25) is 0 Å². The highest BCUT2D eigenvalue weighted by Crippen LogP contribution is 2.19. The van der Waals surface area contributed by atoms with Gasteiger partial charge in [-0.05, 0) is 30.2 Å². The van der Waals surface area contributed by atoms with E-state index in [1.807, 2.05) is 13.0 Å². The summed E-state index contributed by atoms with van der Waals surface area (Å²) in [6.07, 6.45) is 0. The summed E-state index contributed by atoms with van der Waals surface area (Å²) in [7, 11) is 0. The molecule has 2 aromatic rings. The molecule has 0 aliphatic heterocycles. The molecule has 3 N–H and O–H groups in total. The summed E-state index contributed by atoms with van der Waals surface area (Å²) in [5.74, 6) is -0.129. The number of aliphatic hydroxyl groups is 1. The first-order chi connectivity index (χ1) is 8.60. The van der Waals surface area contributed by atoms with Crippen LogP contribution in [0.4, 0.5) is 0 Å². The molecule has 1 atom stereocenters. The predicted molar refractivity (Wildman–Crippen MR) is 71.9 cm³/mol. The normalized spacial score (nSPS) is 12.6. The van der Waals surface area contributed by atoms with Crippen LogP contribution < -0.4 is 5.32 Å². The minimum atomic E-state index is -0.178. The van der Waals surface area contributed by atoms with Gasteiger partial charge in [-0.25, -0.2) is 0 Å². The number of aromatic nitrogens is 1. The molecule has 0 saturated carbocycles. The molecular weight excluding hydrogens is 252 g/mol. The molecule has 0 saturated heterocycles. The number of aromatic amines is 1. The molecule has 5 heteroatoms. The van der Waals surface area contributed by atoms with Crippen molar-refractivity contribution < 1.29 is 9.90 Å². The van der Waals surface area contributed by atoms with Crippen molar-refractivity contribution in [3.05, 3.63) is 35.0 Å². The molecule has 96 valence electrons. The van der Waals surface area contributed by atoms with Crippen molar-refractivity contribution >= 4 is 28.4 Å². The minimum Gasteiger partial charge on any atom is -0.396 e. The Morgan fingerprint density at radius 2 is 2.28 bits per heavy atom. The van der Waals surface area contributed by atoms with E-state index >= 15 is 0 Å². The Labute approximate surface area is 110 Å². The van der Waals surface area contributed by atoms with Gasteiger partial charge >= 0.3 is 0 Å². The molecule has 2 rings (SSSR count). The Morgan fingerprint density at radius 3 is 3.00 bits per heavy atom. The summed E-state index contributed by atoms with van der Waals surface area (Å²) in [5, 5.41) is 13.2. The fourth-order valence-corrected chi connectivity index (χ4v) is 1.83. The van der Waals surface area contributed by atoms with Crippen molar-refractivity contribution in [2.45, 2.75) is 6.92 Å². The number of carbonyl (C=O) groups is 1. The summed E-state index contributed by atoms with van der Waals surface area (Å²) in [5.41, 5.74) is 1.37. The van der Waals surface area contributed by atoms with Gasteiger partial charge in [0.15, 0.2) is 0 Å². The quantitative estimate of drug-likeness (QED) is 0.794. The monoisotopic (exact) mass is 266 g/mol. The van der Waals surface area contributed by atoms with Gasteiger partial charge in [0.05, 0.1) is 0 Å². The van der Waals surface area contributed by atoms with Crippen molar-refractivity contribution in [1.82, 2.24) is 10.3 Å². The zero-order chi connectivity index (χ0) is 13.1. The average molecular weight is 267 g/mol. The number of benzene rings is 1. The number of hydrogen-bond donors (Lipinski definition) is 3. The number of rotatable bonds is 4. The molecule has 0 spiro atoms. The third-order valence-corrected chi connectivity index (χ3v) is 2.99. The van der Waals surface area contributed by atoms with Crippen LogP contribution in [0.5, 0.6) is 0 Å². The summed E-state index contributed by atoms with van der Waals surface area (Å²) in [4.78, 5) is 14.9. The summed E-state index contributed by atoms with van der Waals surface area (Å²) in [6.45, 7) is 2.37. The number of hydrogen-bond acceptors (Lipinski definition) is 2. The lowest BCUT2D eigenvalue weighted by Crippen LogP contribution is -2.29. The molecule has 1 amide bonds. The van der Waals surface area contributed by atoms with Crippen LogP contribution in [-0.2, 0) is 0 Å². The minimum absolute atomic E-state index is 0.0489. The van der Waals surface area contributed by atoms with E-state index in [1.165, 1.54) is 0 Å². The van der Waals surface area contributed by atoms with E-state index in [0.29, 0.717) is 17.3 Å². The van der Waals surface area contributed by atoms with E-state index in [2.05, 4.69) is 10.3 Å². The van der Waals surface area contributed by atoms with Crippen LogP contribution in [0.15, 0.2) is 24.3 Å². The Bertz CT molecular complexity index is 565. The lowest BCUT2D eigenvalue weighted by molar-refractivity contribution is 0.0938. The predicted octanol–water partition coefficient (Wildman–Crippen LogP) is 2.18. The molecule has 18 heavy (non-hydrogen) atoms. The highest BCUT2D eigenvalue weighted by atomic mass is 35.5. The largest absolute Gasteiger partial charge is 0.396 e. The van der Waals surface area contributed by atoms with Crippen molar-refractivity contribution in [3.63, 3.8) is 0 Å². The Kier molecular flexibility index (Phi) is 3.89. The molecular formula is C13H15ClN2O2. The van der Waals surface area contributed by atoms with E-state index < -0.39 is 0 Å². The zero-order valence-electron chi connectivity index (χ0n) is 10.0. The number of H-pyrrole nitrogens is 1. The maximum absolute atomic E-state index is 11.9. The average Bonchev–Trinajstić information content (AvgIpc) is 2.78. The van der Waals surface area contributed by atoms with E-state index in [9.17, 15) is 4.79 Å². The van der Waals surface area contributed by atoms with E-state index in [4.69, 9.17) is 16.7 Å².